The third kappa shape index (κ3) is 3.17. The second kappa shape index (κ2) is 4.49. The average molecular weight is 226 g/mol. The number of rotatable bonds is 3. The largest absolute Gasteiger partial charge is 0.412 e. The van der Waals surface area contributed by atoms with Gasteiger partial charge in [0.25, 0.3) is 0 Å². The molecule has 0 spiro atoms. The van der Waals surface area contributed by atoms with Gasteiger partial charge in [-0.3, -0.25) is 0 Å². The summed E-state index contributed by atoms with van der Waals surface area (Å²) in [5.41, 5.74) is 1.29. The van der Waals surface area contributed by atoms with Crippen molar-refractivity contribution in [2.75, 3.05) is 0 Å². The van der Waals surface area contributed by atoms with Gasteiger partial charge in [0.2, 0.25) is 0 Å². The lowest BCUT2D eigenvalue weighted by atomic mass is 9.87. The van der Waals surface area contributed by atoms with Gasteiger partial charge in [-0.25, -0.2) is 4.98 Å². The Morgan fingerprint density at radius 1 is 1.40 bits per heavy atom. The first-order valence-electron chi connectivity index (χ1n) is 5.44. The van der Waals surface area contributed by atoms with Crippen LogP contribution >= 0.6 is 0 Å². The molecule has 0 bridgehead atoms. The van der Waals surface area contributed by atoms with Gasteiger partial charge in [-0.15, -0.1) is 0 Å². The molecule has 0 saturated carbocycles. The summed E-state index contributed by atoms with van der Waals surface area (Å²) in [6.07, 6.45) is 3.89. The van der Waals surface area contributed by atoms with Crippen molar-refractivity contribution in [2.24, 2.45) is 12.5 Å². The Hall–Kier alpha value is -0.613. The number of hydrogen-bond donors (Lipinski definition) is 0. The van der Waals surface area contributed by atoms with E-state index >= 15 is 0 Å². The van der Waals surface area contributed by atoms with Crippen molar-refractivity contribution in [2.45, 2.75) is 40.0 Å². The Balaban J connectivity index is 2.97. The Morgan fingerprint density at radius 3 is 2.33 bits per heavy atom. The highest BCUT2D eigenvalue weighted by atomic mass is 28.3. The lowest BCUT2D eigenvalue weighted by Gasteiger charge is -2.32. The van der Waals surface area contributed by atoms with E-state index in [-0.39, 0.29) is 11.5 Å². The summed E-state index contributed by atoms with van der Waals surface area (Å²) in [7, 11) is 0.985. The van der Waals surface area contributed by atoms with E-state index in [1.165, 1.54) is 5.69 Å². The monoisotopic (exact) mass is 226 g/mol. The molecule has 0 fully saturated rings. The van der Waals surface area contributed by atoms with Gasteiger partial charge < -0.3 is 8.99 Å². The smallest absolute Gasteiger partial charge is 0.171 e. The molecule has 4 heteroatoms. The van der Waals surface area contributed by atoms with Crippen LogP contribution in [-0.2, 0) is 11.5 Å². The van der Waals surface area contributed by atoms with Crippen molar-refractivity contribution in [3.63, 3.8) is 0 Å². The maximum atomic E-state index is 6.12. The summed E-state index contributed by atoms with van der Waals surface area (Å²) in [5.74, 6) is 0. The molecule has 1 heterocycles. The molecule has 0 radical (unpaired) electrons. The van der Waals surface area contributed by atoms with Crippen LogP contribution in [0.15, 0.2) is 12.5 Å². The van der Waals surface area contributed by atoms with Crippen molar-refractivity contribution in [1.82, 2.24) is 9.55 Å². The quantitative estimate of drug-likeness (QED) is 0.741. The maximum Gasteiger partial charge on any atom is 0.171 e. The number of imidazole rings is 1. The van der Waals surface area contributed by atoms with Crippen LogP contribution in [0.5, 0.6) is 0 Å². The molecule has 0 aliphatic heterocycles. The predicted octanol–water partition coefficient (Wildman–Crippen LogP) is 2.51. The molecule has 0 aliphatic carbocycles. The molecule has 0 aromatic carbocycles. The number of aromatic nitrogens is 2. The summed E-state index contributed by atoms with van der Waals surface area (Å²) in [6, 6.07) is 0. The summed E-state index contributed by atoms with van der Waals surface area (Å²) >= 11 is 0. The molecule has 0 aliphatic rings. The van der Waals surface area contributed by atoms with Gasteiger partial charge in [-0.2, -0.15) is 0 Å². The second-order valence-electron chi connectivity index (χ2n) is 5.36. The van der Waals surface area contributed by atoms with E-state index in [4.69, 9.17) is 4.43 Å². The van der Waals surface area contributed by atoms with E-state index in [0.717, 1.165) is 0 Å². The zero-order valence-electron chi connectivity index (χ0n) is 10.6. The topological polar surface area (TPSA) is 27.1 Å². The van der Waals surface area contributed by atoms with Crippen molar-refractivity contribution < 1.29 is 4.43 Å². The first-order valence-corrected chi connectivity index (χ1v) is 8.22. The van der Waals surface area contributed by atoms with Gasteiger partial charge in [0.1, 0.15) is 0 Å². The van der Waals surface area contributed by atoms with Gasteiger partial charge in [-0.05, 0) is 18.5 Å². The minimum absolute atomic E-state index is 0.116. The number of aryl methyl sites for hydroxylation is 1. The molecule has 0 amide bonds. The molecule has 3 nitrogen and oxygen atoms in total. The van der Waals surface area contributed by atoms with E-state index in [0.29, 0.717) is 0 Å². The molecular formula is C11H22N2OSi. The van der Waals surface area contributed by atoms with Gasteiger partial charge >= 0.3 is 0 Å². The molecule has 1 atom stereocenters. The van der Waals surface area contributed by atoms with Crippen molar-refractivity contribution in [1.29, 1.82) is 0 Å². The summed E-state index contributed by atoms with van der Waals surface area (Å²) in [5, 5.41) is 0. The molecular weight excluding hydrogens is 204 g/mol. The van der Waals surface area contributed by atoms with Crippen molar-refractivity contribution in [3.8, 4) is 0 Å². The third-order valence-electron chi connectivity index (χ3n) is 2.32. The standard InChI is InChI=1S/C11H22N2OSi/c1-11(2,3)10(14-15(5)6)9-7-12-8-13(9)4/h7-8,10,15H,1-6H3. The van der Waals surface area contributed by atoms with Gasteiger partial charge in [0.05, 0.1) is 24.3 Å². The number of hydrogen-bond acceptors (Lipinski definition) is 2. The second-order valence-corrected chi connectivity index (χ2v) is 7.73. The van der Waals surface area contributed by atoms with Crippen LogP contribution in [0.4, 0.5) is 0 Å². The van der Waals surface area contributed by atoms with Crippen molar-refractivity contribution in [3.05, 3.63) is 18.2 Å². The average Bonchev–Trinajstić information content (AvgIpc) is 2.45. The normalized spacial score (nSPS) is 14.6. The van der Waals surface area contributed by atoms with E-state index in [1.54, 1.807) is 0 Å². The first-order chi connectivity index (χ1) is 6.82. The minimum Gasteiger partial charge on any atom is -0.412 e. The fourth-order valence-electron chi connectivity index (χ4n) is 1.61. The lowest BCUT2D eigenvalue weighted by Crippen LogP contribution is -2.27. The first kappa shape index (κ1) is 12.5. The van der Waals surface area contributed by atoms with Gasteiger partial charge in [-0.1, -0.05) is 20.8 Å². The van der Waals surface area contributed by atoms with Crippen LogP contribution in [0.3, 0.4) is 0 Å². The third-order valence-corrected chi connectivity index (χ3v) is 3.13. The maximum absolute atomic E-state index is 6.12. The molecule has 1 unspecified atom stereocenters. The van der Waals surface area contributed by atoms with Crippen LogP contribution in [0, 0.1) is 5.41 Å². The molecule has 86 valence electrons. The van der Waals surface area contributed by atoms with Gasteiger partial charge in [0.15, 0.2) is 9.04 Å². The molecule has 1 aromatic rings. The Kier molecular flexibility index (Phi) is 3.73. The highest BCUT2D eigenvalue weighted by Gasteiger charge is 2.29. The predicted molar refractivity (Wildman–Crippen MR) is 65.4 cm³/mol. The van der Waals surface area contributed by atoms with Crippen LogP contribution in [0.1, 0.15) is 32.6 Å². The Labute approximate surface area is 94.2 Å². The van der Waals surface area contributed by atoms with E-state index in [9.17, 15) is 0 Å². The zero-order chi connectivity index (χ0) is 11.6. The van der Waals surface area contributed by atoms with Crippen LogP contribution in [-0.4, -0.2) is 18.6 Å². The zero-order valence-corrected chi connectivity index (χ0v) is 11.8. The summed E-state index contributed by atoms with van der Waals surface area (Å²) < 4.78 is 8.17. The van der Waals surface area contributed by atoms with Gasteiger partial charge in [0, 0.05) is 7.05 Å². The van der Waals surface area contributed by atoms with E-state index in [1.807, 2.05) is 24.1 Å². The highest BCUT2D eigenvalue weighted by molar-refractivity contribution is 6.48. The Morgan fingerprint density at radius 2 is 2.00 bits per heavy atom. The molecule has 0 saturated heterocycles. The molecule has 15 heavy (non-hydrogen) atoms. The molecule has 0 N–H and O–H groups in total. The molecule has 1 aromatic heterocycles. The van der Waals surface area contributed by atoms with E-state index in [2.05, 4.69) is 38.8 Å². The van der Waals surface area contributed by atoms with Crippen LogP contribution < -0.4 is 0 Å². The van der Waals surface area contributed by atoms with Crippen LogP contribution in [0.25, 0.3) is 0 Å². The lowest BCUT2D eigenvalue weighted by molar-refractivity contribution is 0.0801. The van der Waals surface area contributed by atoms with E-state index < -0.39 is 9.04 Å². The summed E-state index contributed by atoms with van der Waals surface area (Å²) in [6.45, 7) is 11.0. The SMILES string of the molecule is Cn1cncc1C(O[SiH](C)C)C(C)(C)C. The fraction of sp³-hybridized carbons (Fsp3) is 0.727. The molecule has 1 rings (SSSR count). The minimum atomic E-state index is -1.03. The summed E-state index contributed by atoms with van der Waals surface area (Å²) in [4.78, 5) is 4.16. The van der Waals surface area contributed by atoms with Crippen LogP contribution in [0.2, 0.25) is 13.1 Å². The van der Waals surface area contributed by atoms with Crippen molar-refractivity contribution >= 4 is 9.04 Å². The Bertz CT molecular complexity index is 315. The highest BCUT2D eigenvalue weighted by Crippen LogP contribution is 2.36. The fourth-order valence-corrected chi connectivity index (χ4v) is 2.70. The number of nitrogens with zero attached hydrogens (tertiary/aromatic N) is 2.